The molecule has 1 heterocycles. The van der Waals surface area contributed by atoms with E-state index in [4.69, 9.17) is 5.73 Å². The standard InChI is InChI=1S/C13H23N3/c1-10(2)8-16(9-11(3)4)12-5-6-15-13(14)7-12/h5-7,10-11H,8-9H2,1-4H3,(H2,14,15). The zero-order valence-corrected chi connectivity index (χ0v) is 10.8. The van der Waals surface area contributed by atoms with Gasteiger partial charge in [0.1, 0.15) is 5.82 Å². The maximum Gasteiger partial charge on any atom is 0.125 e. The molecule has 0 aromatic carbocycles. The molecule has 3 heteroatoms. The molecule has 0 saturated carbocycles. The van der Waals surface area contributed by atoms with E-state index in [-0.39, 0.29) is 0 Å². The second-order valence-corrected chi connectivity index (χ2v) is 5.13. The topological polar surface area (TPSA) is 42.2 Å². The molecular weight excluding hydrogens is 198 g/mol. The van der Waals surface area contributed by atoms with E-state index in [9.17, 15) is 0 Å². The second-order valence-electron chi connectivity index (χ2n) is 5.13. The second kappa shape index (κ2) is 5.73. The Bertz CT molecular complexity index is 311. The third-order valence-corrected chi connectivity index (χ3v) is 2.30. The van der Waals surface area contributed by atoms with E-state index in [2.05, 4.69) is 37.6 Å². The first kappa shape index (κ1) is 12.8. The number of nitrogen functional groups attached to an aromatic ring is 1. The van der Waals surface area contributed by atoms with Gasteiger partial charge in [0.2, 0.25) is 0 Å². The number of anilines is 2. The molecule has 0 spiro atoms. The quantitative estimate of drug-likeness (QED) is 0.831. The Morgan fingerprint density at radius 1 is 1.19 bits per heavy atom. The first-order valence-electron chi connectivity index (χ1n) is 5.95. The van der Waals surface area contributed by atoms with Gasteiger partial charge >= 0.3 is 0 Å². The number of rotatable bonds is 5. The molecule has 0 aliphatic carbocycles. The molecule has 0 fully saturated rings. The van der Waals surface area contributed by atoms with Gasteiger partial charge < -0.3 is 10.6 Å². The molecule has 3 nitrogen and oxygen atoms in total. The van der Waals surface area contributed by atoms with Crippen molar-refractivity contribution in [2.75, 3.05) is 23.7 Å². The predicted octanol–water partition coefficient (Wildman–Crippen LogP) is 2.78. The lowest BCUT2D eigenvalue weighted by Crippen LogP contribution is -2.31. The summed E-state index contributed by atoms with van der Waals surface area (Å²) in [5, 5.41) is 0. The Kier molecular flexibility index (Phi) is 4.59. The van der Waals surface area contributed by atoms with Crippen LogP contribution in [0, 0.1) is 11.8 Å². The van der Waals surface area contributed by atoms with Crippen molar-refractivity contribution >= 4 is 11.5 Å². The van der Waals surface area contributed by atoms with Crippen molar-refractivity contribution in [3.05, 3.63) is 18.3 Å². The number of aromatic nitrogens is 1. The molecule has 0 aliphatic rings. The van der Waals surface area contributed by atoms with Crippen LogP contribution in [0.25, 0.3) is 0 Å². The third kappa shape index (κ3) is 4.09. The van der Waals surface area contributed by atoms with E-state index in [0.29, 0.717) is 17.7 Å². The average molecular weight is 221 g/mol. The predicted molar refractivity (Wildman–Crippen MR) is 70.5 cm³/mol. The fourth-order valence-corrected chi connectivity index (χ4v) is 1.80. The lowest BCUT2D eigenvalue weighted by atomic mass is 10.1. The molecule has 1 rings (SSSR count). The fourth-order valence-electron chi connectivity index (χ4n) is 1.80. The summed E-state index contributed by atoms with van der Waals surface area (Å²) in [5.41, 5.74) is 6.90. The fraction of sp³-hybridized carbons (Fsp3) is 0.615. The largest absolute Gasteiger partial charge is 0.384 e. The lowest BCUT2D eigenvalue weighted by molar-refractivity contribution is 0.552. The Morgan fingerprint density at radius 2 is 1.75 bits per heavy atom. The van der Waals surface area contributed by atoms with Crippen LogP contribution < -0.4 is 10.6 Å². The van der Waals surface area contributed by atoms with E-state index in [1.165, 1.54) is 5.69 Å². The van der Waals surface area contributed by atoms with Crippen LogP contribution in [0.2, 0.25) is 0 Å². The van der Waals surface area contributed by atoms with Crippen molar-refractivity contribution in [1.29, 1.82) is 0 Å². The highest BCUT2D eigenvalue weighted by molar-refractivity contribution is 5.52. The van der Waals surface area contributed by atoms with E-state index >= 15 is 0 Å². The minimum atomic E-state index is 0.593. The molecule has 0 aliphatic heterocycles. The van der Waals surface area contributed by atoms with E-state index in [1.54, 1.807) is 6.20 Å². The van der Waals surface area contributed by atoms with Crippen molar-refractivity contribution in [2.24, 2.45) is 11.8 Å². The number of nitrogens with two attached hydrogens (primary N) is 1. The zero-order valence-electron chi connectivity index (χ0n) is 10.8. The van der Waals surface area contributed by atoms with Crippen LogP contribution in [0.5, 0.6) is 0 Å². The highest BCUT2D eigenvalue weighted by atomic mass is 15.1. The summed E-state index contributed by atoms with van der Waals surface area (Å²) in [7, 11) is 0. The Morgan fingerprint density at radius 3 is 2.19 bits per heavy atom. The molecule has 2 N–H and O–H groups in total. The van der Waals surface area contributed by atoms with Crippen LogP contribution in [0.3, 0.4) is 0 Å². The molecule has 16 heavy (non-hydrogen) atoms. The summed E-state index contributed by atoms with van der Waals surface area (Å²) in [6.45, 7) is 11.1. The average Bonchev–Trinajstić information content (AvgIpc) is 2.15. The summed E-state index contributed by atoms with van der Waals surface area (Å²) >= 11 is 0. The molecule has 0 saturated heterocycles. The summed E-state index contributed by atoms with van der Waals surface area (Å²) in [5.74, 6) is 1.89. The van der Waals surface area contributed by atoms with Gasteiger partial charge in [-0.15, -0.1) is 0 Å². The molecular formula is C13H23N3. The van der Waals surface area contributed by atoms with Gasteiger partial charge in [-0.25, -0.2) is 4.98 Å². The first-order valence-corrected chi connectivity index (χ1v) is 5.95. The van der Waals surface area contributed by atoms with Gasteiger partial charge in [0.05, 0.1) is 0 Å². The first-order chi connectivity index (χ1) is 7.49. The molecule has 0 amide bonds. The van der Waals surface area contributed by atoms with Crippen LogP contribution in [-0.4, -0.2) is 18.1 Å². The van der Waals surface area contributed by atoms with Gasteiger partial charge in [-0.3, -0.25) is 0 Å². The summed E-state index contributed by atoms with van der Waals surface area (Å²) in [6.07, 6.45) is 1.78. The van der Waals surface area contributed by atoms with Crippen LogP contribution in [0.15, 0.2) is 18.3 Å². The molecule has 0 bridgehead atoms. The smallest absolute Gasteiger partial charge is 0.125 e. The minimum Gasteiger partial charge on any atom is -0.384 e. The summed E-state index contributed by atoms with van der Waals surface area (Å²) in [6, 6.07) is 3.98. The van der Waals surface area contributed by atoms with E-state index in [1.807, 2.05) is 12.1 Å². The van der Waals surface area contributed by atoms with Crippen molar-refractivity contribution in [3.63, 3.8) is 0 Å². The van der Waals surface area contributed by atoms with Crippen molar-refractivity contribution in [1.82, 2.24) is 4.98 Å². The minimum absolute atomic E-state index is 0.593. The Balaban J connectivity index is 2.82. The van der Waals surface area contributed by atoms with Crippen LogP contribution in [0.1, 0.15) is 27.7 Å². The van der Waals surface area contributed by atoms with E-state index < -0.39 is 0 Å². The summed E-state index contributed by atoms with van der Waals surface area (Å²) in [4.78, 5) is 6.41. The zero-order chi connectivity index (χ0) is 12.1. The molecule has 1 aromatic rings. The Hall–Kier alpha value is -1.25. The Labute approximate surface area is 98.7 Å². The van der Waals surface area contributed by atoms with E-state index in [0.717, 1.165) is 13.1 Å². The molecule has 0 unspecified atom stereocenters. The number of hydrogen-bond acceptors (Lipinski definition) is 3. The highest BCUT2D eigenvalue weighted by Crippen LogP contribution is 2.18. The number of hydrogen-bond donors (Lipinski definition) is 1. The highest BCUT2D eigenvalue weighted by Gasteiger charge is 2.10. The SMILES string of the molecule is CC(C)CN(CC(C)C)c1ccnc(N)c1. The van der Waals surface area contributed by atoms with Crippen molar-refractivity contribution in [3.8, 4) is 0 Å². The normalized spacial score (nSPS) is 11.1. The summed E-state index contributed by atoms with van der Waals surface area (Å²) < 4.78 is 0. The molecule has 90 valence electrons. The van der Waals surface area contributed by atoms with Crippen molar-refractivity contribution < 1.29 is 0 Å². The maximum atomic E-state index is 5.72. The third-order valence-electron chi connectivity index (χ3n) is 2.30. The molecule has 0 atom stereocenters. The number of pyridine rings is 1. The van der Waals surface area contributed by atoms with Gasteiger partial charge in [0, 0.05) is 31.0 Å². The maximum absolute atomic E-state index is 5.72. The van der Waals surface area contributed by atoms with Crippen LogP contribution >= 0.6 is 0 Å². The van der Waals surface area contributed by atoms with Crippen LogP contribution in [-0.2, 0) is 0 Å². The lowest BCUT2D eigenvalue weighted by Gasteiger charge is -2.28. The number of nitrogens with zero attached hydrogens (tertiary/aromatic N) is 2. The van der Waals surface area contributed by atoms with Gasteiger partial charge in [-0.05, 0) is 17.9 Å². The van der Waals surface area contributed by atoms with Gasteiger partial charge in [-0.2, -0.15) is 0 Å². The van der Waals surface area contributed by atoms with Gasteiger partial charge in [0.25, 0.3) is 0 Å². The molecule has 0 radical (unpaired) electrons. The monoisotopic (exact) mass is 221 g/mol. The molecule has 1 aromatic heterocycles. The van der Waals surface area contributed by atoms with Gasteiger partial charge in [-0.1, -0.05) is 27.7 Å². The van der Waals surface area contributed by atoms with Crippen LogP contribution in [0.4, 0.5) is 11.5 Å². The van der Waals surface area contributed by atoms with Crippen molar-refractivity contribution in [2.45, 2.75) is 27.7 Å². The van der Waals surface area contributed by atoms with Gasteiger partial charge in [0.15, 0.2) is 0 Å².